The minimum Gasteiger partial charge on any atom is -0.385 e. The molecule has 1 saturated heterocycles. The first-order valence-corrected chi connectivity index (χ1v) is 6.95. The molecule has 1 aromatic carbocycles. The molecule has 1 fully saturated rings. The van der Waals surface area contributed by atoms with E-state index in [4.69, 9.17) is 0 Å². The average Bonchev–Trinajstić information content (AvgIpc) is 2.34. The molecular formula is C16H25NO. The van der Waals surface area contributed by atoms with Gasteiger partial charge in [0.15, 0.2) is 0 Å². The first-order chi connectivity index (χ1) is 8.42. The number of benzene rings is 1. The monoisotopic (exact) mass is 247 g/mol. The van der Waals surface area contributed by atoms with Crippen molar-refractivity contribution < 1.29 is 5.11 Å². The number of hydrogen-bond acceptors (Lipinski definition) is 2. The van der Waals surface area contributed by atoms with Gasteiger partial charge in [0, 0.05) is 12.6 Å². The molecule has 100 valence electrons. The Morgan fingerprint density at radius 3 is 2.72 bits per heavy atom. The SMILES string of the molecule is CC(C)c1cccc(C2(O)CCN(C)C(C)C2)c1. The van der Waals surface area contributed by atoms with E-state index in [9.17, 15) is 5.11 Å². The third-order valence-electron chi connectivity index (χ3n) is 4.35. The summed E-state index contributed by atoms with van der Waals surface area (Å²) in [6.45, 7) is 7.54. The molecule has 2 nitrogen and oxygen atoms in total. The summed E-state index contributed by atoms with van der Waals surface area (Å²) in [6, 6.07) is 8.92. The molecule has 1 heterocycles. The Bertz CT molecular complexity index is 415. The fourth-order valence-electron chi connectivity index (χ4n) is 2.78. The molecule has 0 saturated carbocycles. The second kappa shape index (κ2) is 5.02. The Morgan fingerprint density at radius 2 is 2.11 bits per heavy atom. The van der Waals surface area contributed by atoms with Gasteiger partial charge >= 0.3 is 0 Å². The van der Waals surface area contributed by atoms with Gasteiger partial charge in [0.1, 0.15) is 0 Å². The summed E-state index contributed by atoms with van der Waals surface area (Å²) in [5.74, 6) is 0.511. The topological polar surface area (TPSA) is 23.5 Å². The van der Waals surface area contributed by atoms with Crippen molar-refractivity contribution in [3.05, 3.63) is 35.4 Å². The van der Waals surface area contributed by atoms with Gasteiger partial charge in [-0.15, -0.1) is 0 Å². The van der Waals surface area contributed by atoms with Crippen LogP contribution < -0.4 is 0 Å². The number of aliphatic hydroxyl groups is 1. The molecule has 0 bridgehead atoms. The fraction of sp³-hybridized carbons (Fsp3) is 0.625. The summed E-state index contributed by atoms with van der Waals surface area (Å²) >= 11 is 0. The fourth-order valence-corrected chi connectivity index (χ4v) is 2.78. The molecule has 2 heteroatoms. The molecule has 0 amide bonds. The van der Waals surface area contributed by atoms with E-state index in [1.807, 2.05) is 0 Å². The number of rotatable bonds is 2. The lowest BCUT2D eigenvalue weighted by molar-refractivity contribution is -0.0409. The lowest BCUT2D eigenvalue weighted by atomic mass is 9.80. The molecule has 18 heavy (non-hydrogen) atoms. The van der Waals surface area contributed by atoms with Gasteiger partial charge in [-0.3, -0.25) is 0 Å². The van der Waals surface area contributed by atoms with Gasteiger partial charge in [0.05, 0.1) is 5.60 Å². The predicted molar refractivity (Wildman–Crippen MR) is 75.8 cm³/mol. The van der Waals surface area contributed by atoms with Crippen LogP contribution in [0.25, 0.3) is 0 Å². The maximum absolute atomic E-state index is 10.9. The molecule has 0 aliphatic carbocycles. The van der Waals surface area contributed by atoms with Crippen LogP contribution in [0, 0.1) is 0 Å². The van der Waals surface area contributed by atoms with Crippen molar-refractivity contribution in [3.63, 3.8) is 0 Å². The van der Waals surface area contributed by atoms with Crippen molar-refractivity contribution in [3.8, 4) is 0 Å². The lowest BCUT2D eigenvalue weighted by Crippen LogP contribution is -2.45. The highest BCUT2D eigenvalue weighted by Crippen LogP contribution is 2.36. The molecule has 1 aliphatic rings. The van der Waals surface area contributed by atoms with Crippen molar-refractivity contribution in [1.82, 2.24) is 4.90 Å². The van der Waals surface area contributed by atoms with Crippen LogP contribution in [0.1, 0.15) is 50.7 Å². The van der Waals surface area contributed by atoms with E-state index >= 15 is 0 Å². The Hall–Kier alpha value is -0.860. The molecular weight excluding hydrogens is 222 g/mol. The van der Waals surface area contributed by atoms with Gasteiger partial charge in [-0.05, 0) is 43.9 Å². The van der Waals surface area contributed by atoms with Gasteiger partial charge in [0.25, 0.3) is 0 Å². The molecule has 0 spiro atoms. The van der Waals surface area contributed by atoms with Crippen LogP contribution in [0.3, 0.4) is 0 Å². The zero-order valence-electron chi connectivity index (χ0n) is 12.0. The Morgan fingerprint density at radius 1 is 1.39 bits per heavy atom. The van der Waals surface area contributed by atoms with E-state index in [0.717, 1.165) is 24.9 Å². The van der Waals surface area contributed by atoms with Crippen LogP contribution in [-0.2, 0) is 5.60 Å². The highest BCUT2D eigenvalue weighted by molar-refractivity contribution is 5.30. The maximum atomic E-state index is 10.9. The van der Waals surface area contributed by atoms with Crippen LogP contribution >= 0.6 is 0 Å². The number of hydrogen-bond donors (Lipinski definition) is 1. The summed E-state index contributed by atoms with van der Waals surface area (Å²) in [4.78, 5) is 2.32. The van der Waals surface area contributed by atoms with E-state index in [2.05, 4.69) is 57.0 Å². The van der Waals surface area contributed by atoms with Crippen LogP contribution in [0.4, 0.5) is 0 Å². The minimum absolute atomic E-state index is 0.437. The normalized spacial score (nSPS) is 29.8. The van der Waals surface area contributed by atoms with Crippen LogP contribution in [0.15, 0.2) is 24.3 Å². The lowest BCUT2D eigenvalue weighted by Gasteiger charge is -2.41. The Kier molecular flexibility index (Phi) is 3.79. The number of nitrogens with zero attached hydrogens (tertiary/aromatic N) is 1. The molecule has 0 radical (unpaired) electrons. The zero-order valence-corrected chi connectivity index (χ0v) is 12.0. The van der Waals surface area contributed by atoms with Crippen molar-refractivity contribution in [2.45, 2.75) is 51.2 Å². The molecule has 1 aromatic rings. The van der Waals surface area contributed by atoms with Crippen LogP contribution in [-0.4, -0.2) is 29.6 Å². The quantitative estimate of drug-likeness (QED) is 0.868. The van der Waals surface area contributed by atoms with E-state index in [-0.39, 0.29) is 0 Å². The smallest absolute Gasteiger partial charge is 0.0923 e. The second-order valence-electron chi connectivity index (χ2n) is 6.10. The zero-order chi connectivity index (χ0) is 13.3. The average molecular weight is 247 g/mol. The molecule has 1 N–H and O–H groups in total. The summed E-state index contributed by atoms with van der Waals surface area (Å²) < 4.78 is 0. The minimum atomic E-state index is -0.642. The van der Waals surface area contributed by atoms with Crippen molar-refractivity contribution in [2.24, 2.45) is 0 Å². The largest absolute Gasteiger partial charge is 0.385 e. The summed E-state index contributed by atoms with van der Waals surface area (Å²) in [7, 11) is 2.13. The molecule has 0 aromatic heterocycles. The van der Waals surface area contributed by atoms with Crippen LogP contribution in [0.5, 0.6) is 0 Å². The van der Waals surface area contributed by atoms with E-state index in [1.54, 1.807) is 0 Å². The summed E-state index contributed by atoms with van der Waals surface area (Å²) in [5, 5.41) is 10.9. The summed E-state index contributed by atoms with van der Waals surface area (Å²) in [6.07, 6.45) is 1.65. The third-order valence-corrected chi connectivity index (χ3v) is 4.35. The standard InChI is InChI=1S/C16H25NO/c1-12(2)14-6-5-7-15(10-14)16(18)8-9-17(4)13(3)11-16/h5-7,10,12-13,18H,8-9,11H2,1-4H3. The summed E-state index contributed by atoms with van der Waals surface area (Å²) in [5.41, 5.74) is 1.76. The van der Waals surface area contributed by atoms with Crippen LogP contribution in [0.2, 0.25) is 0 Å². The van der Waals surface area contributed by atoms with E-state index in [0.29, 0.717) is 12.0 Å². The van der Waals surface area contributed by atoms with Gasteiger partial charge in [-0.1, -0.05) is 38.1 Å². The number of likely N-dealkylation sites (tertiary alicyclic amines) is 1. The van der Waals surface area contributed by atoms with Gasteiger partial charge < -0.3 is 10.0 Å². The first kappa shape index (κ1) is 13.6. The van der Waals surface area contributed by atoms with Gasteiger partial charge in [-0.25, -0.2) is 0 Å². The molecule has 1 aliphatic heterocycles. The first-order valence-electron chi connectivity index (χ1n) is 6.95. The van der Waals surface area contributed by atoms with Gasteiger partial charge in [-0.2, -0.15) is 0 Å². The van der Waals surface area contributed by atoms with Gasteiger partial charge in [0.2, 0.25) is 0 Å². The highest BCUT2D eigenvalue weighted by Gasteiger charge is 2.36. The number of piperidine rings is 1. The highest BCUT2D eigenvalue weighted by atomic mass is 16.3. The second-order valence-corrected chi connectivity index (χ2v) is 6.10. The Labute approximate surface area is 111 Å². The maximum Gasteiger partial charge on any atom is 0.0923 e. The Balaban J connectivity index is 2.27. The molecule has 2 unspecified atom stereocenters. The molecule has 2 rings (SSSR count). The van der Waals surface area contributed by atoms with E-state index in [1.165, 1.54) is 5.56 Å². The predicted octanol–water partition coefficient (Wildman–Crippen LogP) is 3.11. The van der Waals surface area contributed by atoms with E-state index < -0.39 is 5.60 Å². The van der Waals surface area contributed by atoms with Crippen molar-refractivity contribution >= 4 is 0 Å². The van der Waals surface area contributed by atoms with Crippen molar-refractivity contribution in [1.29, 1.82) is 0 Å². The van der Waals surface area contributed by atoms with Crippen molar-refractivity contribution in [2.75, 3.05) is 13.6 Å². The molecule has 2 atom stereocenters. The third kappa shape index (κ3) is 2.60.